The first kappa shape index (κ1) is 16.9. The maximum Gasteiger partial charge on any atom is 0.127 e. The average Bonchev–Trinajstić information content (AvgIpc) is 2.69. The van der Waals surface area contributed by atoms with Gasteiger partial charge in [0.25, 0.3) is 0 Å². The first-order valence-corrected chi connectivity index (χ1v) is 9.97. The molecule has 25 heavy (non-hydrogen) atoms. The van der Waals surface area contributed by atoms with Gasteiger partial charge in [0.1, 0.15) is 12.4 Å². The highest BCUT2D eigenvalue weighted by Gasteiger charge is 2.25. The number of hydrogen-bond donors (Lipinski definition) is 0. The molecule has 2 heterocycles. The van der Waals surface area contributed by atoms with Crippen LogP contribution in [0.15, 0.2) is 42.5 Å². The number of rotatable bonds is 5. The molecular weight excluding hydrogens is 308 g/mol. The summed E-state index contributed by atoms with van der Waals surface area (Å²) >= 11 is 0. The van der Waals surface area contributed by atoms with E-state index in [-0.39, 0.29) is 0 Å². The van der Waals surface area contributed by atoms with Crippen molar-refractivity contribution in [3.63, 3.8) is 0 Å². The van der Waals surface area contributed by atoms with Gasteiger partial charge in [-0.3, -0.25) is 4.90 Å². The third kappa shape index (κ3) is 4.16. The molecule has 3 heteroatoms. The van der Waals surface area contributed by atoms with Gasteiger partial charge in [0, 0.05) is 18.0 Å². The third-order valence-corrected chi connectivity index (χ3v) is 5.88. The smallest absolute Gasteiger partial charge is 0.127 e. The molecule has 0 N–H and O–H groups in total. The summed E-state index contributed by atoms with van der Waals surface area (Å²) in [5, 5.41) is 2.47. The van der Waals surface area contributed by atoms with Gasteiger partial charge < -0.3 is 9.64 Å². The summed E-state index contributed by atoms with van der Waals surface area (Å²) in [6.07, 6.45) is 6.89. The molecule has 0 amide bonds. The van der Waals surface area contributed by atoms with Crippen molar-refractivity contribution in [2.45, 2.75) is 38.1 Å². The summed E-state index contributed by atoms with van der Waals surface area (Å²) in [6, 6.07) is 15.6. The van der Waals surface area contributed by atoms with Gasteiger partial charge >= 0.3 is 0 Å². The van der Waals surface area contributed by atoms with E-state index in [4.69, 9.17) is 4.74 Å². The summed E-state index contributed by atoms with van der Waals surface area (Å²) in [6.45, 7) is 6.92. The fourth-order valence-electron chi connectivity index (χ4n) is 4.40. The molecule has 2 aliphatic heterocycles. The van der Waals surface area contributed by atoms with Crippen LogP contribution >= 0.6 is 0 Å². The van der Waals surface area contributed by atoms with Crippen LogP contribution in [0.2, 0.25) is 0 Å². The van der Waals surface area contributed by atoms with Gasteiger partial charge in [-0.05, 0) is 63.3 Å². The zero-order valence-corrected chi connectivity index (χ0v) is 15.2. The monoisotopic (exact) mass is 338 g/mol. The Labute approximate surface area is 151 Å². The van der Waals surface area contributed by atoms with Crippen molar-refractivity contribution in [1.82, 2.24) is 9.80 Å². The van der Waals surface area contributed by atoms with Gasteiger partial charge in [-0.15, -0.1) is 0 Å². The molecule has 0 unspecified atom stereocenters. The Hall–Kier alpha value is -1.58. The molecule has 0 radical (unpaired) electrons. The van der Waals surface area contributed by atoms with Crippen molar-refractivity contribution in [2.75, 3.05) is 39.3 Å². The highest BCUT2D eigenvalue weighted by atomic mass is 16.5. The van der Waals surface area contributed by atoms with E-state index in [9.17, 15) is 0 Å². The molecule has 3 nitrogen and oxygen atoms in total. The van der Waals surface area contributed by atoms with E-state index < -0.39 is 0 Å². The highest BCUT2D eigenvalue weighted by molar-refractivity contribution is 5.88. The summed E-state index contributed by atoms with van der Waals surface area (Å²) in [4.78, 5) is 5.32. The molecule has 2 fully saturated rings. The van der Waals surface area contributed by atoms with Crippen LogP contribution in [-0.2, 0) is 0 Å². The maximum atomic E-state index is 6.11. The minimum absolute atomic E-state index is 0.780. The van der Waals surface area contributed by atoms with Gasteiger partial charge in [0.15, 0.2) is 0 Å². The van der Waals surface area contributed by atoms with E-state index in [1.54, 1.807) is 0 Å². The lowest BCUT2D eigenvalue weighted by Crippen LogP contribution is -2.47. The Morgan fingerprint density at radius 2 is 1.60 bits per heavy atom. The largest absolute Gasteiger partial charge is 0.492 e. The Balaban J connectivity index is 1.24. The SMILES string of the molecule is c1ccc2c(OCCN3CCC(N4CCCCC4)CC3)cccc2c1. The molecule has 2 saturated heterocycles. The Kier molecular flexibility index (Phi) is 5.53. The van der Waals surface area contributed by atoms with Crippen LogP contribution in [0.25, 0.3) is 10.8 Å². The van der Waals surface area contributed by atoms with Gasteiger partial charge in [-0.25, -0.2) is 0 Å². The number of ether oxygens (including phenoxy) is 1. The van der Waals surface area contributed by atoms with Crippen LogP contribution in [0, 0.1) is 0 Å². The molecule has 0 atom stereocenters. The van der Waals surface area contributed by atoms with Crippen LogP contribution < -0.4 is 4.74 Å². The zero-order chi connectivity index (χ0) is 16.9. The zero-order valence-electron chi connectivity index (χ0n) is 15.2. The molecule has 0 aromatic heterocycles. The second-order valence-electron chi connectivity index (χ2n) is 7.50. The van der Waals surface area contributed by atoms with Gasteiger partial charge in [-0.2, -0.15) is 0 Å². The van der Waals surface area contributed by atoms with Crippen molar-refractivity contribution in [3.05, 3.63) is 42.5 Å². The molecule has 2 aromatic rings. The van der Waals surface area contributed by atoms with Crippen LogP contribution in [0.3, 0.4) is 0 Å². The molecule has 0 spiro atoms. The number of hydrogen-bond acceptors (Lipinski definition) is 3. The van der Waals surface area contributed by atoms with Crippen LogP contribution in [0.4, 0.5) is 0 Å². The van der Waals surface area contributed by atoms with Crippen LogP contribution in [0.5, 0.6) is 5.75 Å². The predicted molar refractivity (Wildman–Crippen MR) is 104 cm³/mol. The van der Waals surface area contributed by atoms with E-state index in [1.807, 2.05) is 0 Å². The Bertz CT molecular complexity index is 667. The first-order chi connectivity index (χ1) is 12.4. The number of nitrogens with zero attached hydrogens (tertiary/aromatic N) is 2. The quantitative estimate of drug-likeness (QED) is 0.814. The maximum absolute atomic E-state index is 6.11. The van der Waals surface area contributed by atoms with Gasteiger partial charge in [0.05, 0.1) is 0 Å². The molecule has 4 rings (SSSR count). The summed E-state index contributed by atoms with van der Waals surface area (Å²) < 4.78 is 6.11. The minimum atomic E-state index is 0.780. The van der Waals surface area contributed by atoms with E-state index in [0.29, 0.717) is 0 Å². The van der Waals surface area contributed by atoms with Crippen molar-refractivity contribution in [3.8, 4) is 5.75 Å². The lowest BCUT2D eigenvalue weighted by molar-refractivity contribution is 0.0859. The first-order valence-electron chi connectivity index (χ1n) is 9.97. The summed E-state index contributed by atoms with van der Waals surface area (Å²) in [5.41, 5.74) is 0. The van der Waals surface area contributed by atoms with Crippen molar-refractivity contribution >= 4 is 10.8 Å². The number of benzene rings is 2. The molecule has 0 bridgehead atoms. The fraction of sp³-hybridized carbons (Fsp3) is 0.545. The lowest BCUT2D eigenvalue weighted by Gasteiger charge is -2.40. The molecule has 134 valence electrons. The molecular formula is C22H30N2O. The Morgan fingerprint density at radius 3 is 2.44 bits per heavy atom. The topological polar surface area (TPSA) is 15.7 Å². The van der Waals surface area contributed by atoms with Crippen molar-refractivity contribution in [2.24, 2.45) is 0 Å². The van der Waals surface area contributed by atoms with Crippen LogP contribution in [0.1, 0.15) is 32.1 Å². The molecule has 0 aliphatic carbocycles. The predicted octanol–water partition coefficient (Wildman–Crippen LogP) is 4.17. The van der Waals surface area contributed by atoms with Crippen LogP contribution in [-0.4, -0.2) is 55.2 Å². The number of likely N-dealkylation sites (tertiary alicyclic amines) is 2. The molecule has 2 aromatic carbocycles. The third-order valence-electron chi connectivity index (χ3n) is 5.88. The van der Waals surface area contributed by atoms with E-state index in [2.05, 4.69) is 52.3 Å². The van der Waals surface area contributed by atoms with Crippen molar-refractivity contribution < 1.29 is 4.74 Å². The molecule has 2 aliphatic rings. The van der Waals surface area contributed by atoms with Crippen molar-refractivity contribution in [1.29, 1.82) is 0 Å². The second kappa shape index (κ2) is 8.20. The standard InChI is InChI=1S/C22H30N2O/c1-4-13-24(14-5-1)20-11-15-23(16-12-20)17-18-25-22-10-6-8-19-7-2-3-9-21(19)22/h2-3,6-10,20H,1,4-5,11-18H2. The number of fused-ring (bicyclic) bond motifs is 1. The summed E-state index contributed by atoms with van der Waals surface area (Å²) in [7, 11) is 0. The van der Waals surface area contributed by atoms with E-state index in [1.165, 1.54) is 69.1 Å². The van der Waals surface area contributed by atoms with Gasteiger partial charge in [-0.1, -0.05) is 42.8 Å². The second-order valence-corrected chi connectivity index (χ2v) is 7.50. The highest BCUT2D eigenvalue weighted by Crippen LogP contribution is 2.25. The average molecular weight is 338 g/mol. The minimum Gasteiger partial charge on any atom is -0.492 e. The molecule has 0 saturated carbocycles. The normalized spacial score (nSPS) is 20.8. The van der Waals surface area contributed by atoms with E-state index >= 15 is 0 Å². The Morgan fingerprint density at radius 1 is 0.840 bits per heavy atom. The summed E-state index contributed by atoms with van der Waals surface area (Å²) in [5.74, 6) is 1.02. The van der Waals surface area contributed by atoms with E-state index in [0.717, 1.165) is 24.9 Å². The fourth-order valence-corrected chi connectivity index (χ4v) is 4.40. The lowest BCUT2D eigenvalue weighted by atomic mass is 10.00. The van der Waals surface area contributed by atoms with Gasteiger partial charge in [0.2, 0.25) is 0 Å². The number of piperidine rings is 2.